The van der Waals surface area contributed by atoms with Crippen LogP contribution in [0, 0.1) is 22.7 Å². The van der Waals surface area contributed by atoms with Crippen molar-refractivity contribution in [2.24, 2.45) is 11.3 Å². The predicted octanol–water partition coefficient (Wildman–Crippen LogP) is 4.60. The summed E-state index contributed by atoms with van der Waals surface area (Å²) in [4.78, 5) is 4.63. The summed E-state index contributed by atoms with van der Waals surface area (Å²) in [6.45, 7) is 1.69. The maximum Gasteiger partial charge on any atom is 0.395 e. The van der Waals surface area contributed by atoms with Crippen molar-refractivity contribution in [3.05, 3.63) is 36.2 Å². The summed E-state index contributed by atoms with van der Waals surface area (Å²) in [6, 6.07) is 5.41. The average Bonchev–Trinajstić information content (AvgIpc) is 2.45. The van der Waals surface area contributed by atoms with Crippen molar-refractivity contribution >= 4 is 11.8 Å². The molecule has 2 atom stereocenters. The quantitative estimate of drug-likeness (QED) is 0.765. The second-order valence-electron chi connectivity index (χ2n) is 5.33. The molecule has 0 amide bonds. The van der Waals surface area contributed by atoms with Crippen LogP contribution in [0.15, 0.2) is 41.1 Å². The summed E-state index contributed by atoms with van der Waals surface area (Å²) in [7, 11) is 0. The Bertz CT molecular complexity index is 563. The van der Waals surface area contributed by atoms with Crippen molar-refractivity contribution in [3.8, 4) is 6.07 Å². The highest BCUT2D eigenvalue weighted by molar-refractivity contribution is 7.99. The number of hydrogen-bond acceptors (Lipinski definition) is 3. The van der Waals surface area contributed by atoms with Crippen molar-refractivity contribution in [2.75, 3.05) is 5.75 Å². The molecule has 0 N–H and O–H groups in total. The fourth-order valence-corrected chi connectivity index (χ4v) is 3.69. The molecule has 0 saturated carbocycles. The van der Waals surface area contributed by atoms with Crippen LogP contribution < -0.4 is 0 Å². The molecule has 1 heterocycles. The van der Waals surface area contributed by atoms with Gasteiger partial charge in [0.2, 0.25) is 0 Å². The minimum atomic E-state index is -4.28. The van der Waals surface area contributed by atoms with Gasteiger partial charge in [-0.3, -0.25) is 4.98 Å². The van der Waals surface area contributed by atoms with E-state index in [0.29, 0.717) is 5.57 Å². The summed E-state index contributed by atoms with van der Waals surface area (Å²) in [5, 5.41) is 8.93. The number of nitriles is 1. The molecule has 2 unspecified atom stereocenters. The van der Waals surface area contributed by atoms with E-state index in [2.05, 4.69) is 4.98 Å². The lowest BCUT2D eigenvalue weighted by atomic mass is 9.71. The average molecular weight is 312 g/mol. The molecule has 0 aromatic carbocycles. The Hall–Kier alpha value is -1.48. The minimum absolute atomic E-state index is 0.0338. The zero-order valence-electron chi connectivity index (χ0n) is 11.5. The molecule has 2 rings (SSSR count). The van der Waals surface area contributed by atoms with Gasteiger partial charge in [0, 0.05) is 28.6 Å². The van der Waals surface area contributed by atoms with Crippen LogP contribution in [-0.4, -0.2) is 16.9 Å². The van der Waals surface area contributed by atoms with E-state index in [9.17, 15) is 13.2 Å². The van der Waals surface area contributed by atoms with E-state index < -0.39 is 11.6 Å². The topological polar surface area (TPSA) is 36.7 Å². The number of nitrogens with zero attached hydrogens (tertiary/aromatic N) is 2. The van der Waals surface area contributed by atoms with Crippen LogP contribution in [0.4, 0.5) is 13.2 Å². The number of hydrogen-bond donors (Lipinski definition) is 0. The molecule has 1 aliphatic carbocycles. The first kappa shape index (κ1) is 15.9. The number of rotatable bonds is 3. The van der Waals surface area contributed by atoms with Crippen LogP contribution in [0.1, 0.15) is 19.8 Å². The Morgan fingerprint density at radius 1 is 1.43 bits per heavy atom. The Morgan fingerprint density at radius 3 is 2.62 bits per heavy atom. The van der Waals surface area contributed by atoms with E-state index in [1.54, 1.807) is 31.5 Å². The van der Waals surface area contributed by atoms with E-state index >= 15 is 0 Å². The molecule has 1 aliphatic rings. The van der Waals surface area contributed by atoms with E-state index in [4.69, 9.17) is 5.26 Å². The van der Waals surface area contributed by atoms with Gasteiger partial charge in [0.25, 0.3) is 0 Å². The normalized spacial score (nSPS) is 26.0. The van der Waals surface area contributed by atoms with Crippen molar-refractivity contribution in [1.29, 1.82) is 5.26 Å². The van der Waals surface area contributed by atoms with E-state index in [1.807, 2.05) is 6.07 Å². The van der Waals surface area contributed by atoms with E-state index in [-0.39, 0.29) is 24.5 Å². The SMILES string of the molecule is CC1CC(CSc2ccncc2)(C(F)(F)F)CC=C1C#N. The molecule has 1 aromatic heterocycles. The van der Waals surface area contributed by atoms with Crippen LogP contribution in [0.3, 0.4) is 0 Å². The van der Waals surface area contributed by atoms with Gasteiger partial charge in [-0.25, -0.2) is 0 Å². The molecule has 0 saturated heterocycles. The maximum absolute atomic E-state index is 13.6. The van der Waals surface area contributed by atoms with Gasteiger partial charge in [-0.15, -0.1) is 11.8 Å². The minimum Gasteiger partial charge on any atom is -0.265 e. The van der Waals surface area contributed by atoms with E-state index in [0.717, 1.165) is 4.90 Å². The second-order valence-corrected chi connectivity index (χ2v) is 6.38. The zero-order chi connectivity index (χ0) is 15.5. The number of aromatic nitrogens is 1. The van der Waals surface area contributed by atoms with Gasteiger partial charge in [0.15, 0.2) is 0 Å². The van der Waals surface area contributed by atoms with Crippen LogP contribution in [0.25, 0.3) is 0 Å². The first-order valence-electron chi connectivity index (χ1n) is 6.58. The highest BCUT2D eigenvalue weighted by Gasteiger charge is 2.55. The molecule has 2 nitrogen and oxygen atoms in total. The molecule has 0 fully saturated rings. The summed E-state index contributed by atoms with van der Waals surface area (Å²) >= 11 is 1.19. The number of halogens is 3. The van der Waals surface area contributed by atoms with Gasteiger partial charge < -0.3 is 0 Å². The third-order valence-electron chi connectivity index (χ3n) is 3.84. The van der Waals surface area contributed by atoms with E-state index in [1.165, 1.54) is 17.8 Å². The Balaban J connectivity index is 2.21. The van der Waals surface area contributed by atoms with Crippen molar-refractivity contribution in [2.45, 2.75) is 30.8 Å². The molecule has 0 bridgehead atoms. The van der Waals surface area contributed by atoms with Crippen LogP contribution in [0.2, 0.25) is 0 Å². The molecule has 0 radical (unpaired) electrons. The lowest BCUT2D eigenvalue weighted by Gasteiger charge is -2.39. The maximum atomic E-state index is 13.6. The van der Waals surface area contributed by atoms with Crippen molar-refractivity contribution in [1.82, 2.24) is 4.98 Å². The molecular weight excluding hydrogens is 297 g/mol. The standard InChI is InChI=1S/C15H15F3N2S/c1-11-8-14(15(16,17)18,5-2-12(11)9-19)10-21-13-3-6-20-7-4-13/h2-4,6-7,11H,5,8,10H2,1H3. The first-order valence-corrected chi connectivity index (χ1v) is 7.56. The van der Waals surface area contributed by atoms with Crippen LogP contribution in [0.5, 0.6) is 0 Å². The predicted molar refractivity (Wildman–Crippen MR) is 75.5 cm³/mol. The number of thioether (sulfide) groups is 1. The molecule has 21 heavy (non-hydrogen) atoms. The monoisotopic (exact) mass is 312 g/mol. The lowest BCUT2D eigenvalue weighted by Crippen LogP contribution is -2.43. The Labute approximate surface area is 126 Å². The van der Waals surface area contributed by atoms with Crippen LogP contribution >= 0.6 is 11.8 Å². The fraction of sp³-hybridized carbons (Fsp3) is 0.467. The second kappa shape index (κ2) is 6.10. The summed E-state index contributed by atoms with van der Waals surface area (Å²) in [6.07, 6.45) is 0.156. The molecular formula is C15H15F3N2S. The smallest absolute Gasteiger partial charge is 0.265 e. The Kier molecular flexibility index (Phi) is 4.62. The molecule has 0 spiro atoms. The molecule has 112 valence electrons. The van der Waals surface area contributed by atoms with Gasteiger partial charge in [0.05, 0.1) is 11.5 Å². The van der Waals surface area contributed by atoms with Gasteiger partial charge in [-0.05, 0) is 30.9 Å². The summed E-state index contributed by atoms with van der Waals surface area (Å²) in [5.74, 6) is -0.400. The third-order valence-corrected chi connectivity index (χ3v) is 5.14. The first-order chi connectivity index (χ1) is 9.88. The van der Waals surface area contributed by atoms with Gasteiger partial charge in [-0.2, -0.15) is 18.4 Å². The van der Waals surface area contributed by atoms with Crippen molar-refractivity contribution in [3.63, 3.8) is 0 Å². The number of pyridine rings is 1. The molecule has 6 heteroatoms. The lowest BCUT2D eigenvalue weighted by molar-refractivity contribution is -0.221. The fourth-order valence-electron chi connectivity index (χ4n) is 2.53. The van der Waals surface area contributed by atoms with Gasteiger partial charge in [-0.1, -0.05) is 13.0 Å². The third kappa shape index (κ3) is 3.41. The van der Waals surface area contributed by atoms with Crippen LogP contribution in [-0.2, 0) is 0 Å². The highest BCUT2D eigenvalue weighted by Crippen LogP contribution is 2.52. The zero-order valence-corrected chi connectivity index (χ0v) is 12.3. The van der Waals surface area contributed by atoms with Crippen molar-refractivity contribution < 1.29 is 13.2 Å². The number of alkyl halides is 3. The Morgan fingerprint density at radius 2 is 2.10 bits per heavy atom. The highest BCUT2D eigenvalue weighted by atomic mass is 32.2. The largest absolute Gasteiger partial charge is 0.395 e. The van der Waals surface area contributed by atoms with Gasteiger partial charge in [0.1, 0.15) is 0 Å². The summed E-state index contributed by atoms with van der Waals surface area (Å²) in [5.41, 5.74) is -1.30. The summed E-state index contributed by atoms with van der Waals surface area (Å²) < 4.78 is 40.7. The molecule has 0 aliphatic heterocycles. The van der Waals surface area contributed by atoms with Gasteiger partial charge >= 0.3 is 6.18 Å². The number of allylic oxidation sites excluding steroid dienone is 2. The molecule has 1 aromatic rings.